The Hall–Kier alpha value is -1.76. The van der Waals surface area contributed by atoms with Crippen molar-refractivity contribution in [3.63, 3.8) is 0 Å². The average Bonchev–Trinajstić information content (AvgIpc) is 2.41. The summed E-state index contributed by atoms with van der Waals surface area (Å²) in [6.07, 6.45) is 0. The lowest BCUT2D eigenvalue weighted by Gasteiger charge is -2.11. The van der Waals surface area contributed by atoms with E-state index in [-0.39, 0.29) is 4.90 Å². The van der Waals surface area contributed by atoms with E-state index in [1.165, 1.54) is 6.07 Å². The van der Waals surface area contributed by atoms with Crippen LogP contribution in [0.2, 0.25) is 5.02 Å². The summed E-state index contributed by atoms with van der Waals surface area (Å²) in [6.45, 7) is 0. The van der Waals surface area contributed by atoms with Gasteiger partial charge in [-0.05, 0) is 36.4 Å². The van der Waals surface area contributed by atoms with E-state index in [1.54, 1.807) is 42.5 Å². The van der Waals surface area contributed by atoms with Crippen molar-refractivity contribution in [1.82, 2.24) is 0 Å². The molecule has 0 radical (unpaired) electrons. The molecule has 5 nitrogen and oxygen atoms in total. The van der Waals surface area contributed by atoms with Crippen molar-refractivity contribution in [1.29, 1.82) is 0 Å². The van der Waals surface area contributed by atoms with Crippen LogP contribution in [0.1, 0.15) is 0 Å². The molecule has 0 fully saturated rings. The summed E-state index contributed by atoms with van der Waals surface area (Å²) in [7, 11) is -3.70. The van der Waals surface area contributed by atoms with Crippen molar-refractivity contribution in [3.8, 4) is 0 Å². The van der Waals surface area contributed by atoms with E-state index in [0.717, 1.165) is 0 Å². The maximum Gasteiger partial charge on any atom is 0.264 e. The van der Waals surface area contributed by atoms with Crippen LogP contribution in [-0.4, -0.2) is 8.42 Å². The van der Waals surface area contributed by atoms with Crippen molar-refractivity contribution in [2.45, 2.75) is 4.90 Å². The largest absolute Gasteiger partial charge is 0.323 e. The van der Waals surface area contributed by atoms with Gasteiger partial charge in [0.2, 0.25) is 0 Å². The Morgan fingerprint density at radius 1 is 1.00 bits per heavy atom. The molecule has 0 saturated carbocycles. The van der Waals surface area contributed by atoms with Gasteiger partial charge in [0.25, 0.3) is 10.0 Å². The van der Waals surface area contributed by atoms with E-state index in [1.807, 2.05) is 0 Å². The number of hydrogen-bond donors (Lipinski definition) is 3. The highest BCUT2D eigenvalue weighted by Crippen LogP contribution is 2.23. The smallest absolute Gasteiger partial charge is 0.264 e. The highest BCUT2D eigenvalue weighted by molar-refractivity contribution is 7.92. The molecule has 4 N–H and O–H groups in total. The van der Waals surface area contributed by atoms with Crippen molar-refractivity contribution < 1.29 is 8.42 Å². The van der Waals surface area contributed by atoms with E-state index in [2.05, 4.69) is 10.1 Å². The number of nitrogens with one attached hydrogen (secondary N) is 2. The second-order valence-corrected chi connectivity index (χ2v) is 5.84. The molecule has 0 aliphatic carbocycles. The molecular weight excluding hydrogens is 286 g/mol. The molecule has 100 valence electrons. The van der Waals surface area contributed by atoms with Crippen molar-refractivity contribution in [2.24, 2.45) is 5.84 Å². The first-order chi connectivity index (χ1) is 9.03. The number of nitrogens with two attached hydrogens (primary N) is 1. The lowest BCUT2D eigenvalue weighted by molar-refractivity contribution is 0.601. The van der Waals surface area contributed by atoms with Crippen LogP contribution in [0.5, 0.6) is 0 Å². The molecule has 0 spiro atoms. The third kappa shape index (κ3) is 3.17. The average molecular weight is 298 g/mol. The van der Waals surface area contributed by atoms with Crippen LogP contribution in [0.25, 0.3) is 0 Å². The number of hydrogen-bond acceptors (Lipinski definition) is 4. The van der Waals surface area contributed by atoms with Crippen LogP contribution in [0.15, 0.2) is 53.4 Å². The van der Waals surface area contributed by atoms with E-state index < -0.39 is 10.0 Å². The van der Waals surface area contributed by atoms with Crippen LogP contribution in [0.4, 0.5) is 11.4 Å². The minimum absolute atomic E-state index is 0.0763. The number of anilines is 2. The van der Waals surface area contributed by atoms with Gasteiger partial charge in [-0.3, -0.25) is 10.6 Å². The summed E-state index contributed by atoms with van der Waals surface area (Å²) >= 11 is 5.74. The van der Waals surface area contributed by atoms with Gasteiger partial charge in [-0.15, -0.1) is 0 Å². The number of benzene rings is 2. The number of hydrazine groups is 1. The van der Waals surface area contributed by atoms with E-state index in [4.69, 9.17) is 17.4 Å². The first-order valence-electron chi connectivity index (χ1n) is 5.37. The zero-order valence-corrected chi connectivity index (χ0v) is 11.4. The van der Waals surface area contributed by atoms with Gasteiger partial charge in [-0.2, -0.15) is 0 Å². The van der Waals surface area contributed by atoms with Gasteiger partial charge in [0.15, 0.2) is 0 Å². The van der Waals surface area contributed by atoms with Gasteiger partial charge in [0, 0.05) is 10.7 Å². The zero-order chi connectivity index (χ0) is 13.9. The number of rotatable bonds is 4. The molecule has 0 atom stereocenters. The lowest BCUT2D eigenvalue weighted by atomic mass is 10.3. The minimum Gasteiger partial charge on any atom is -0.323 e. The summed E-state index contributed by atoms with van der Waals surface area (Å²) in [6, 6.07) is 12.7. The van der Waals surface area contributed by atoms with Crippen molar-refractivity contribution in [2.75, 3.05) is 10.1 Å². The van der Waals surface area contributed by atoms with E-state index in [0.29, 0.717) is 16.4 Å². The maximum atomic E-state index is 12.2. The third-order valence-electron chi connectivity index (χ3n) is 2.43. The fraction of sp³-hybridized carbons (Fsp3) is 0. The summed E-state index contributed by atoms with van der Waals surface area (Å²) in [5, 5.41) is 0.534. The summed E-state index contributed by atoms with van der Waals surface area (Å²) < 4.78 is 26.9. The first kappa shape index (κ1) is 13.7. The van der Waals surface area contributed by atoms with Crippen molar-refractivity contribution >= 4 is 33.0 Å². The minimum atomic E-state index is -3.70. The Bertz CT molecular complexity index is 672. The predicted octanol–water partition coefficient (Wildman–Crippen LogP) is 2.43. The fourth-order valence-electron chi connectivity index (χ4n) is 1.55. The van der Waals surface area contributed by atoms with Gasteiger partial charge in [-0.25, -0.2) is 8.42 Å². The molecule has 2 aromatic rings. The van der Waals surface area contributed by atoms with Gasteiger partial charge >= 0.3 is 0 Å². The Morgan fingerprint density at radius 2 is 1.63 bits per heavy atom. The molecule has 0 heterocycles. The molecule has 0 saturated heterocycles. The summed E-state index contributed by atoms with van der Waals surface area (Å²) in [4.78, 5) is 0.0763. The van der Waals surface area contributed by atoms with Crippen molar-refractivity contribution in [3.05, 3.63) is 53.6 Å². The second-order valence-electron chi connectivity index (χ2n) is 3.75. The topological polar surface area (TPSA) is 84.2 Å². The molecule has 0 amide bonds. The van der Waals surface area contributed by atoms with E-state index in [9.17, 15) is 8.42 Å². The summed E-state index contributed by atoms with van der Waals surface area (Å²) in [5.74, 6) is 5.30. The Balaban J connectivity index is 2.35. The standard InChI is InChI=1S/C12H12ClN3O2S/c13-9-5-7-10(8-6-9)16-19(17,18)12-4-2-1-3-11(12)15-14/h1-8,15-16H,14H2. The highest BCUT2D eigenvalue weighted by atomic mass is 35.5. The fourth-order valence-corrected chi connectivity index (χ4v) is 2.90. The van der Waals surface area contributed by atoms with Crippen LogP contribution in [-0.2, 0) is 10.0 Å². The van der Waals surface area contributed by atoms with Gasteiger partial charge < -0.3 is 5.43 Å². The molecule has 0 bridgehead atoms. The zero-order valence-electron chi connectivity index (χ0n) is 9.80. The normalized spacial score (nSPS) is 11.1. The first-order valence-corrected chi connectivity index (χ1v) is 7.23. The van der Waals surface area contributed by atoms with Gasteiger partial charge in [0.1, 0.15) is 4.90 Å². The second kappa shape index (κ2) is 5.48. The maximum absolute atomic E-state index is 12.2. The molecule has 2 rings (SSSR count). The van der Waals surface area contributed by atoms with Gasteiger partial charge in [0.05, 0.1) is 5.69 Å². The number of nitrogen functional groups attached to an aromatic ring is 1. The Labute approximate surface area is 116 Å². The molecule has 0 aliphatic rings. The monoisotopic (exact) mass is 297 g/mol. The molecular formula is C12H12ClN3O2S. The third-order valence-corrected chi connectivity index (χ3v) is 4.12. The van der Waals surface area contributed by atoms with E-state index >= 15 is 0 Å². The SMILES string of the molecule is NNc1ccccc1S(=O)(=O)Nc1ccc(Cl)cc1. The summed E-state index contributed by atoms with van der Waals surface area (Å²) in [5.41, 5.74) is 3.11. The van der Waals surface area contributed by atoms with Crippen LogP contribution < -0.4 is 16.0 Å². The number of para-hydroxylation sites is 1. The molecule has 2 aromatic carbocycles. The number of sulfonamides is 1. The molecule has 0 unspecified atom stereocenters. The lowest BCUT2D eigenvalue weighted by Crippen LogP contribution is -2.17. The number of halogens is 1. The van der Waals surface area contributed by atoms with Crippen LogP contribution in [0.3, 0.4) is 0 Å². The van der Waals surface area contributed by atoms with Crippen LogP contribution >= 0.6 is 11.6 Å². The molecule has 0 aromatic heterocycles. The van der Waals surface area contributed by atoms with Crippen LogP contribution in [0, 0.1) is 0 Å². The predicted molar refractivity (Wildman–Crippen MR) is 76.5 cm³/mol. The Morgan fingerprint density at radius 3 is 2.26 bits per heavy atom. The molecule has 7 heteroatoms. The quantitative estimate of drug-likeness (QED) is 0.598. The highest BCUT2D eigenvalue weighted by Gasteiger charge is 2.17. The molecule has 0 aliphatic heterocycles. The Kier molecular flexibility index (Phi) is 3.94. The van der Waals surface area contributed by atoms with Gasteiger partial charge in [-0.1, -0.05) is 23.7 Å². The molecule has 19 heavy (non-hydrogen) atoms.